The third kappa shape index (κ3) is 3.94. The van der Waals surface area contributed by atoms with Crippen molar-refractivity contribution in [3.8, 4) is 0 Å². The van der Waals surface area contributed by atoms with E-state index in [9.17, 15) is 13.2 Å². The Morgan fingerprint density at radius 1 is 1.04 bits per heavy atom. The first kappa shape index (κ1) is 16.9. The van der Waals surface area contributed by atoms with E-state index in [1.807, 2.05) is 30.3 Å². The predicted octanol–water partition coefficient (Wildman–Crippen LogP) is 2.85. The number of rotatable bonds is 6. The maximum absolute atomic E-state index is 12.5. The van der Waals surface area contributed by atoms with Crippen LogP contribution in [0.15, 0.2) is 47.4 Å². The molecule has 6 heteroatoms. The van der Waals surface area contributed by atoms with Crippen LogP contribution in [-0.2, 0) is 19.6 Å². The normalized spacial score (nSPS) is 21.5. The summed E-state index contributed by atoms with van der Waals surface area (Å²) in [5.74, 6) is 0.284. The van der Waals surface area contributed by atoms with Crippen LogP contribution in [0.4, 0.5) is 0 Å². The summed E-state index contributed by atoms with van der Waals surface area (Å²) >= 11 is 0. The van der Waals surface area contributed by atoms with Crippen molar-refractivity contribution in [3.63, 3.8) is 0 Å². The Kier molecular flexibility index (Phi) is 5.16. The lowest BCUT2D eigenvalue weighted by Gasteiger charge is -2.27. The zero-order chi connectivity index (χ0) is 17.0. The molecular formula is C18H21NO4S. The third-order valence-corrected chi connectivity index (χ3v) is 6.06. The number of nitrogens with one attached hydrogen (secondary N) is 1. The highest BCUT2D eigenvalue weighted by Gasteiger charge is 2.24. The number of fused-ring (bicyclic) bond motifs is 1. The van der Waals surface area contributed by atoms with Gasteiger partial charge in [0.15, 0.2) is 0 Å². The van der Waals surface area contributed by atoms with Gasteiger partial charge in [0, 0.05) is 6.54 Å². The summed E-state index contributed by atoms with van der Waals surface area (Å²) in [5.41, 5.74) is 0. The zero-order valence-corrected chi connectivity index (χ0v) is 14.2. The molecule has 0 aliphatic heterocycles. The molecular weight excluding hydrogens is 326 g/mol. The molecule has 1 aliphatic carbocycles. The van der Waals surface area contributed by atoms with Crippen molar-refractivity contribution >= 4 is 27.3 Å². The number of hydrogen-bond acceptors (Lipinski definition) is 4. The maximum Gasteiger partial charge on any atom is 0.293 e. The summed E-state index contributed by atoms with van der Waals surface area (Å²) in [6.45, 7) is 0.913. The molecule has 1 fully saturated rings. The summed E-state index contributed by atoms with van der Waals surface area (Å²) < 4.78 is 32.7. The summed E-state index contributed by atoms with van der Waals surface area (Å²) in [4.78, 5) is 10.6. The maximum atomic E-state index is 12.5. The van der Waals surface area contributed by atoms with E-state index in [0.29, 0.717) is 17.9 Å². The van der Waals surface area contributed by atoms with Crippen LogP contribution >= 0.6 is 0 Å². The van der Waals surface area contributed by atoms with Crippen LogP contribution in [0, 0.1) is 5.92 Å². The number of hydrogen-bond donors (Lipinski definition) is 1. The number of sulfonamides is 1. The third-order valence-electron chi connectivity index (χ3n) is 4.64. The molecule has 0 bridgehead atoms. The monoisotopic (exact) mass is 347 g/mol. The lowest BCUT2D eigenvalue weighted by molar-refractivity contribution is -0.135. The van der Waals surface area contributed by atoms with E-state index in [-0.39, 0.29) is 12.0 Å². The van der Waals surface area contributed by atoms with Gasteiger partial charge in [-0.25, -0.2) is 13.1 Å². The minimum atomic E-state index is -3.51. The molecule has 24 heavy (non-hydrogen) atoms. The van der Waals surface area contributed by atoms with Gasteiger partial charge in [-0.05, 0) is 54.5 Å². The summed E-state index contributed by atoms with van der Waals surface area (Å²) in [5, 5.41) is 1.93. The van der Waals surface area contributed by atoms with Crippen LogP contribution in [0.5, 0.6) is 0 Å². The van der Waals surface area contributed by atoms with Crippen molar-refractivity contribution in [1.82, 2.24) is 4.72 Å². The molecule has 0 amide bonds. The van der Waals surface area contributed by atoms with Gasteiger partial charge >= 0.3 is 0 Å². The molecule has 0 spiro atoms. The van der Waals surface area contributed by atoms with Gasteiger partial charge in [-0.15, -0.1) is 0 Å². The number of benzene rings is 2. The molecule has 0 heterocycles. The Balaban J connectivity index is 1.62. The number of ether oxygens (including phenoxy) is 1. The van der Waals surface area contributed by atoms with Crippen LogP contribution in [0.3, 0.4) is 0 Å². The minimum absolute atomic E-state index is 0.0177. The van der Waals surface area contributed by atoms with Crippen LogP contribution in [0.2, 0.25) is 0 Å². The number of carbonyl (C=O) groups excluding carboxylic acids is 1. The minimum Gasteiger partial charge on any atom is -0.465 e. The largest absolute Gasteiger partial charge is 0.465 e. The van der Waals surface area contributed by atoms with Gasteiger partial charge in [0.05, 0.1) is 4.90 Å². The Labute approximate surface area is 142 Å². The Hall–Kier alpha value is -1.92. The molecule has 0 radical (unpaired) electrons. The van der Waals surface area contributed by atoms with E-state index < -0.39 is 10.0 Å². The lowest BCUT2D eigenvalue weighted by atomic mass is 9.87. The predicted molar refractivity (Wildman–Crippen MR) is 92.0 cm³/mol. The fraction of sp³-hybridized carbons (Fsp3) is 0.389. The molecule has 128 valence electrons. The van der Waals surface area contributed by atoms with E-state index in [2.05, 4.69) is 4.72 Å². The molecule has 0 atom stereocenters. The van der Waals surface area contributed by atoms with Crippen molar-refractivity contribution in [2.75, 3.05) is 6.54 Å². The molecule has 0 unspecified atom stereocenters. The topological polar surface area (TPSA) is 72.5 Å². The van der Waals surface area contributed by atoms with Gasteiger partial charge in [0.25, 0.3) is 6.47 Å². The van der Waals surface area contributed by atoms with E-state index in [4.69, 9.17) is 4.74 Å². The fourth-order valence-corrected chi connectivity index (χ4v) is 4.35. The average Bonchev–Trinajstić information content (AvgIpc) is 2.61. The summed E-state index contributed by atoms with van der Waals surface area (Å²) in [7, 11) is -3.51. The van der Waals surface area contributed by atoms with Crippen molar-refractivity contribution in [2.45, 2.75) is 36.7 Å². The molecule has 2 aromatic rings. The Bertz CT molecular complexity index is 811. The fourth-order valence-electron chi connectivity index (χ4n) is 3.20. The van der Waals surface area contributed by atoms with Crippen molar-refractivity contribution < 1.29 is 17.9 Å². The Morgan fingerprint density at radius 2 is 1.75 bits per heavy atom. The van der Waals surface area contributed by atoms with Crippen molar-refractivity contribution in [2.24, 2.45) is 5.92 Å². The van der Waals surface area contributed by atoms with Gasteiger partial charge in [-0.3, -0.25) is 4.79 Å². The zero-order valence-electron chi connectivity index (χ0n) is 13.4. The molecule has 1 aliphatic rings. The van der Waals surface area contributed by atoms with E-state index in [0.717, 1.165) is 36.5 Å². The first-order valence-corrected chi connectivity index (χ1v) is 9.64. The van der Waals surface area contributed by atoms with Crippen molar-refractivity contribution in [3.05, 3.63) is 42.5 Å². The number of carbonyl (C=O) groups is 1. The van der Waals surface area contributed by atoms with Crippen LogP contribution in [-0.4, -0.2) is 27.5 Å². The highest BCUT2D eigenvalue weighted by atomic mass is 32.2. The molecule has 0 aromatic heterocycles. The first-order valence-electron chi connectivity index (χ1n) is 8.16. The van der Waals surface area contributed by atoms with Gasteiger partial charge in [0.1, 0.15) is 6.10 Å². The standard InChI is InChI=1S/C18H21NO4S/c20-13-23-17-8-5-14(6-9-17)12-19-24(21,22)18-10-7-15-3-1-2-4-16(15)11-18/h1-4,7,10-11,13-14,17,19H,5-6,8-9,12H2. The van der Waals surface area contributed by atoms with Gasteiger partial charge in [-0.1, -0.05) is 30.3 Å². The highest BCUT2D eigenvalue weighted by molar-refractivity contribution is 7.89. The van der Waals surface area contributed by atoms with E-state index in [1.165, 1.54) is 0 Å². The highest BCUT2D eigenvalue weighted by Crippen LogP contribution is 2.26. The second-order valence-electron chi connectivity index (χ2n) is 6.24. The Morgan fingerprint density at radius 3 is 2.46 bits per heavy atom. The lowest BCUT2D eigenvalue weighted by Crippen LogP contribution is -2.32. The van der Waals surface area contributed by atoms with Crippen LogP contribution < -0.4 is 4.72 Å². The molecule has 1 N–H and O–H groups in total. The van der Waals surface area contributed by atoms with Crippen LogP contribution in [0.1, 0.15) is 25.7 Å². The quantitative estimate of drug-likeness (QED) is 0.816. The summed E-state index contributed by atoms with van der Waals surface area (Å²) in [6, 6.07) is 12.9. The van der Waals surface area contributed by atoms with E-state index in [1.54, 1.807) is 12.1 Å². The first-order chi connectivity index (χ1) is 11.6. The molecule has 0 saturated heterocycles. The molecule has 1 saturated carbocycles. The second kappa shape index (κ2) is 7.32. The summed E-state index contributed by atoms with van der Waals surface area (Å²) in [6.07, 6.45) is 3.29. The van der Waals surface area contributed by atoms with Crippen LogP contribution in [0.25, 0.3) is 10.8 Å². The van der Waals surface area contributed by atoms with E-state index >= 15 is 0 Å². The smallest absolute Gasteiger partial charge is 0.293 e. The van der Waals surface area contributed by atoms with Gasteiger partial charge in [-0.2, -0.15) is 0 Å². The van der Waals surface area contributed by atoms with Crippen molar-refractivity contribution in [1.29, 1.82) is 0 Å². The second-order valence-corrected chi connectivity index (χ2v) is 8.00. The average molecular weight is 347 g/mol. The molecule has 3 rings (SSSR count). The molecule has 5 nitrogen and oxygen atoms in total. The van der Waals surface area contributed by atoms with Gasteiger partial charge < -0.3 is 4.74 Å². The van der Waals surface area contributed by atoms with Gasteiger partial charge in [0.2, 0.25) is 10.0 Å². The molecule has 2 aromatic carbocycles. The SMILES string of the molecule is O=COC1CCC(CNS(=O)(=O)c2ccc3ccccc3c2)CC1.